The first kappa shape index (κ1) is 23.2. The molecule has 26 heavy (non-hydrogen) atoms. The molecule has 0 amide bonds. The maximum absolute atomic E-state index is 11.3. The Labute approximate surface area is 160 Å². The predicted octanol–water partition coefficient (Wildman–Crippen LogP) is 0.638. The third-order valence-corrected chi connectivity index (χ3v) is 5.67. The lowest BCUT2D eigenvalue weighted by Gasteiger charge is -2.35. The molecule has 0 bridgehead atoms. The molecule has 154 valence electrons. The number of guanidine groups is 1. The van der Waals surface area contributed by atoms with E-state index in [1.54, 1.807) is 0 Å². The van der Waals surface area contributed by atoms with Crippen molar-refractivity contribution in [2.75, 3.05) is 64.4 Å². The van der Waals surface area contributed by atoms with Crippen LogP contribution in [0.25, 0.3) is 0 Å². The van der Waals surface area contributed by atoms with E-state index in [1.165, 1.54) is 6.26 Å². The van der Waals surface area contributed by atoms with Crippen molar-refractivity contribution in [3.8, 4) is 0 Å². The van der Waals surface area contributed by atoms with E-state index in [9.17, 15) is 8.42 Å². The molecule has 7 nitrogen and oxygen atoms in total. The second-order valence-corrected chi connectivity index (χ2v) is 9.78. The molecule has 8 heteroatoms. The highest BCUT2D eigenvalue weighted by atomic mass is 32.2. The van der Waals surface area contributed by atoms with Gasteiger partial charge in [-0.15, -0.1) is 0 Å². The van der Waals surface area contributed by atoms with Gasteiger partial charge in [0, 0.05) is 58.1 Å². The molecule has 0 saturated carbocycles. The minimum Gasteiger partial charge on any atom is -0.357 e. The Morgan fingerprint density at radius 1 is 1.12 bits per heavy atom. The lowest BCUT2D eigenvalue weighted by molar-refractivity contribution is 0.125. The van der Waals surface area contributed by atoms with Crippen molar-refractivity contribution < 1.29 is 8.42 Å². The predicted molar refractivity (Wildman–Crippen MR) is 111 cm³/mol. The summed E-state index contributed by atoms with van der Waals surface area (Å²) in [5, 5.41) is 6.57. The largest absolute Gasteiger partial charge is 0.357 e. The highest BCUT2D eigenvalue weighted by Crippen LogP contribution is 2.06. The van der Waals surface area contributed by atoms with Crippen LogP contribution in [0.3, 0.4) is 0 Å². The summed E-state index contributed by atoms with van der Waals surface area (Å²) in [7, 11) is -2.92. The summed E-state index contributed by atoms with van der Waals surface area (Å²) < 4.78 is 22.6. The third-order valence-electron chi connectivity index (χ3n) is 4.69. The average Bonchev–Trinajstić information content (AvgIpc) is 2.58. The minimum absolute atomic E-state index is 0.0694. The van der Waals surface area contributed by atoms with Crippen LogP contribution in [0.1, 0.15) is 34.1 Å². The molecule has 1 aliphatic rings. The Bertz CT molecular complexity index is 516. The lowest BCUT2D eigenvalue weighted by Crippen LogP contribution is -2.47. The van der Waals surface area contributed by atoms with Crippen molar-refractivity contribution in [3.63, 3.8) is 0 Å². The third kappa shape index (κ3) is 10.3. The molecule has 0 aromatic rings. The standard InChI is InChI=1S/C18H39N5O2S/c1-6-19-18(21-17(4)8-13-26(5,24)25)20-14-16(3)15-23-11-9-22(7-2)10-12-23/h16-17H,6-15H2,1-5H3,(H2,19,20,21). The van der Waals surface area contributed by atoms with Gasteiger partial charge in [-0.05, 0) is 32.7 Å². The van der Waals surface area contributed by atoms with Crippen LogP contribution in [-0.4, -0.2) is 94.6 Å². The molecule has 2 N–H and O–H groups in total. The quantitative estimate of drug-likeness (QED) is 0.422. The van der Waals surface area contributed by atoms with Crippen molar-refractivity contribution in [2.45, 2.75) is 40.2 Å². The van der Waals surface area contributed by atoms with Crippen LogP contribution < -0.4 is 10.6 Å². The summed E-state index contributed by atoms with van der Waals surface area (Å²) >= 11 is 0. The molecule has 0 aliphatic carbocycles. The number of hydrogen-bond acceptors (Lipinski definition) is 5. The first-order valence-electron chi connectivity index (χ1n) is 9.90. The fraction of sp³-hybridized carbons (Fsp3) is 0.944. The second-order valence-electron chi connectivity index (χ2n) is 7.52. The molecule has 0 aromatic heterocycles. The summed E-state index contributed by atoms with van der Waals surface area (Å²) in [6.45, 7) is 16.9. The molecule has 1 rings (SSSR count). The Morgan fingerprint density at radius 3 is 2.27 bits per heavy atom. The van der Waals surface area contributed by atoms with Crippen LogP contribution >= 0.6 is 0 Å². The molecule has 1 fully saturated rings. The summed E-state index contributed by atoms with van der Waals surface area (Å²) in [4.78, 5) is 9.72. The number of likely N-dealkylation sites (N-methyl/N-ethyl adjacent to an activating group) is 1. The van der Waals surface area contributed by atoms with Crippen molar-refractivity contribution >= 4 is 15.8 Å². The Hall–Kier alpha value is -0.860. The number of hydrogen-bond donors (Lipinski definition) is 2. The van der Waals surface area contributed by atoms with Crippen molar-refractivity contribution in [1.29, 1.82) is 0 Å². The zero-order valence-electron chi connectivity index (χ0n) is 17.3. The van der Waals surface area contributed by atoms with Crippen LogP contribution in [0.15, 0.2) is 4.99 Å². The monoisotopic (exact) mass is 389 g/mol. The fourth-order valence-corrected chi connectivity index (χ4v) is 3.83. The first-order valence-corrected chi connectivity index (χ1v) is 12.0. The van der Waals surface area contributed by atoms with E-state index in [0.29, 0.717) is 12.3 Å². The van der Waals surface area contributed by atoms with Gasteiger partial charge in [-0.2, -0.15) is 0 Å². The summed E-state index contributed by atoms with van der Waals surface area (Å²) in [5.74, 6) is 1.46. The highest BCUT2D eigenvalue weighted by molar-refractivity contribution is 7.90. The smallest absolute Gasteiger partial charge is 0.191 e. The van der Waals surface area contributed by atoms with E-state index in [4.69, 9.17) is 4.99 Å². The summed E-state index contributed by atoms with van der Waals surface area (Å²) in [6.07, 6.45) is 1.86. The Morgan fingerprint density at radius 2 is 1.73 bits per heavy atom. The van der Waals surface area contributed by atoms with E-state index < -0.39 is 9.84 Å². The van der Waals surface area contributed by atoms with E-state index in [-0.39, 0.29) is 11.8 Å². The number of aliphatic imine (C=N–C) groups is 1. The van der Waals surface area contributed by atoms with Crippen LogP contribution in [0, 0.1) is 5.92 Å². The lowest BCUT2D eigenvalue weighted by atomic mass is 10.1. The molecule has 2 unspecified atom stereocenters. The highest BCUT2D eigenvalue weighted by Gasteiger charge is 2.17. The van der Waals surface area contributed by atoms with E-state index in [0.717, 1.165) is 58.3 Å². The van der Waals surface area contributed by atoms with Gasteiger partial charge in [0.15, 0.2) is 5.96 Å². The number of nitrogens with one attached hydrogen (secondary N) is 2. The van der Waals surface area contributed by atoms with Crippen molar-refractivity contribution in [2.24, 2.45) is 10.9 Å². The van der Waals surface area contributed by atoms with Crippen LogP contribution in [0.2, 0.25) is 0 Å². The van der Waals surface area contributed by atoms with E-state index >= 15 is 0 Å². The van der Waals surface area contributed by atoms with Gasteiger partial charge in [0.2, 0.25) is 0 Å². The molecule has 2 atom stereocenters. The van der Waals surface area contributed by atoms with Crippen molar-refractivity contribution in [1.82, 2.24) is 20.4 Å². The first-order chi connectivity index (χ1) is 12.2. The molecular formula is C18H39N5O2S. The maximum atomic E-state index is 11.3. The molecule has 0 aromatic carbocycles. The minimum atomic E-state index is -2.92. The van der Waals surface area contributed by atoms with E-state index in [2.05, 4.69) is 34.3 Å². The number of nitrogens with zero attached hydrogens (tertiary/aromatic N) is 3. The van der Waals surface area contributed by atoms with Gasteiger partial charge in [0.05, 0.1) is 5.75 Å². The molecule has 1 aliphatic heterocycles. The molecule has 1 saturated heterocycles. The second kappa shape index (κ2) is 11.8. The van der Waals surface area contributed by atoms with Gasteiger partial charge in [-0.3, -0.25) is 4.99 Å². The van der Waals surface area contributed by atoms with Gasteiger partial charge in [-0.25, -0.2) is 8.42 Å². The van der Waals surface area contributed by atoms with E-state index in [1.807, 2.05) is 13.8 Å². The van der Waals surface area contributed by atoms with Crippen LogP contribution in [-0.2, 0) is 9.84 Å². The summed E-state index contributed by atoms with van der Waals surface area (Å²) in [6, 6.07) is 0.0694. The molecule has 1 heterocycles. The van der Waals surface area contributed by atoms with Crippen LogP contribution in [0.5, 0.6) is 0 Å². The van der Waals surface area contributed by atoms with Gasteiger partial charge >= 0.3 is 0 Å². The average molecular weight is 390 g/mol. The number of sulfone groups is 1. The van der Waals surface area contributed by atoms with Gasteiger partial charge in [0.1, 0.15) is 9.84 Å². The molecule has 0 spiro atoms. The maximum Gasteiger partial charge on any atom is 0.191 e. The Balaban J connectivity index is 2.41. The zero-order valence-corrected chi connectivity index (χ0v) is 18.1. The van der Waals surface area contributed by atoms with Gasteiger partial charge in [0.25, 0.3) is 0 Å². The van der Waals surface area contributed by atoms with Gasteiger partial charge in [-0.1, -0.05) is 13.8 Å². The van der Waals surface area contributed by atoms with Gasteiger partial charge < -0.3 is 20.4 Å². The SMILES string of the molecule is CCNC(=NCC(C)CN1CCN(CC)CC1)NC(C)CCS(C)(=O)=O. The number of piperazine rings is 1. The topological polar surface area (TPSA) is 77.0 Å². The number of rotatable bonds is 10. The normalized spacial score (nSPS) is 20.0. The molecular weight excluding hydrogens is 350 g/mol. The summed E-state index contributed by atoms with van der Waals surface area (Å²) in [5.41, 5.74) is 0. The van der Waals surface area contributed by atoms with Crippen LogP contribution in [0.4, 0.5) is 0 Å². The fourth-order valence-electron chi connectivity index (χ4n) is 3.05. The Kier molecular flexibility index (Phi) is 10.5. The zero-order chi connectivity index (χ0) is 19.6. The van der Waals surface area contributed by atoms with Crippen molar-refractivity contribution in [3.05, 3.63) is 0 Å². The molecule has 0 radical (unpaired) electrons.